The van der Waals surface area contributed by atoms with Gasteiger partial charge in [0.1, 0.15) is 16.4 Å². The van der Waals surface area contributed by atoms with Gasteiger partial charge in [-0.25, -0.2) is 4.79 Å². The number of thiophene rings is 1. The van der Waals surface area contributed by atoms with Crippen molar-refractivity contribution in [2.45, 2.75) is 38.7 Å². The van der Waals surface area contributed by atoms with Crippen molar-refractivity contribution in [3.63, 3.8) is 0 Å². The van der Waals surface area contributed by atoms with Gasteiger partial charge < -0.3 is 18.7 Å². The summed E-state index contributed by atoms with van der Waals surface area (Å²) in [5.41, 5.74) is 1.95. The molecule has 8 heteroatoms. The van der Waals surface area contributed by atoms with Crippen LogP contribution < -0.4 is 9.47 Å². The monoisotopic (exact) mass is 414 g/mol. The molecule has 0 radical (unpaired) electrons. The molecule has 29 heavy (non-hydrogen) atoms. The van der Waals surface area contributed by atoms with E-state index in [1.165, 1.54) is 41.0 Å². The Morgan fingerprint density at radius 2 is 2.00 bits per heavy atom. The van der Waals surface area contributed by atoms with Crippen LogP contribution in [0.15, 0.2) is 28.8 Å². The Morgan fingerprint density at radius 3 is 2.83 bits per heavy atom. The van der Waals surface area contributed by atoms with E-state index in [9.17, 15) is 4.79 Å². The van der Waals surface area contributed by atoms with Gasteiger partial charge in [-0.3, -0.25) is 0 Å². The molecule has 0 unspecified atom stereocenters. The van der Waals surface area contributed by atoms with Crippen LogP contribution in [0.1, 0.15) is 45.3 Å². The third-order valence-corrected chi connectivity index (χ3v) is 6.11. The number of aryl methyl sites for hydroxylation is 2. The summed E-state index contributed by atoms with van der Waals surface area (Å²) < 4.78 is 21.2. The molecular formula is C21H22N2O5S. The molecule has 0 fully saturated rings. The minimum atomic E-state index is -0.357. The Balaban J connectivity index is 1.43. The second-order valence-electron chi connectivity index (χ2n) is 6.77. The van der Waals surface area contributed by atoms with Crippen molar-refractivity contribution >= 4 is 17.3 Å². The quantitative estimate of drug-likeness (QED) is 0.435. The summed E-state index contributed by atoms with van der Waals surface area (Å²) in [7, 11) is 3.14. The molecule has 0 aliphatic heterocycles. The highest BCUT2D eigenvalue weighted by Crippen LogP contribution is 2.32. The molecule has 1 aliphatic rings. The average Bonchev–Trinajstić information content (AvgIpc) is 3.33. The number of nitrogens with zero attached hydrogens (tertiary/aromatic N) is 2. The lowest BCUT2D eigenvalue weighted by molar-refractivity contribution is 0.0435. The lowest BCUT2D eigenvalue weighted by Gasteiger charge is -2.07. The highest BCUT2D eigenvalue weighted by Gasteiger charge is 2.19. The predicted molar refractivity (Wildman–Crippen MR) is 108 cm³/mol. The van der Waals surface area contributed by atoms with Crippen LogP contribution in [-0.4, -0.2) is 30.3 Å². The fraction of sp³-hybridized carbons (Fsp3) is 0.381. The zero-order valence-electron chi connectivity index (χ0n) is 16.4. The molecular weight excluding hydrogens is 392 g/mol. The number of carbonyl (C=O) groups excluding carboxylic acids is 1. The standard InChI is InChI=1S/C21H22N2O5S/c1-25-14-8-9-15(16(11-14)26-2)20-22-19(28-23-20)12-27-21(24)18-10-13-6-4-3-5-7-17(13)29-18/h8-11H,3-7,12H2,1-2H3. The summed E-state index contributed by atoms with van der Waals surface area (Å²) >= 11 is 1.53. The second-order valence-corrected chi connectivity index (χ2v) is 7.91. The number of carbonyl (C=O) groups is 1. The maximum atomic E-state index is 12.4. The van der Waals surface area contributed by atoms with E-state index in [0.29, 0.717) is 27.8 Å². The largest absolute Gasteiger partial charge is 0.497 e. The Hall–Kier alpha value is -2.87. The molecule has 4 rings (SSSR count). The minimum absolute atomic E-state index is 0.0765. The third-order valence-electron chi connectivity index (χ3n) is 4.89. The number of esters is 1. The van der Waals surface area contributed by atoms with E-state index in [4.69, 9.17) is 18.7 Å². The fourth-order valence-electron chi connectivity index (χ4n) is 3.37. The second kappa shape index (κ2) is 8.65. The van der Waals surface area contributed by atoms with Gasteiger partial charge >= 0.3 is 5.97 Å². The van der Waals surface area contributed by atoms with Crippen LogP contribution in [-0.2, 0) is 24.2 Å². The van der Waals surface area contributed by atoms with E-state index in [2.05, 4.69) is 10.1 Å². The van der Waals surface area contributed by atoms with Gasteiger partial charge in [0.25, 0.3) is 5.89 Å². The SMILES string of the molecule is COc1ccc(-c2noc(COC(=O)c3cc4c(s3)CCCCC4)n2)c(OC)c1. The molecule has 0 saturated heterocycles. The Morgan fingerprint density at radius 1 is 1.14 bits per heavy atom. The fourth-order valence-corrected chi connectivity index (χ4v) is 4.52. The predicted octanol–water partition coefficient (Wildman–Crippen LogP) is 4.44. The molecule has 2 aromatic heterocycles. The van der Waals surface area contributed by atoms with Crippen molar-refractivity contribution in [2.24, 2.45) is 0 Å². The first-order chi connectivity index (χ1) is 14.2. The molecule has 0 saturated carbocycles. The van der Waals surface area contributed by atoms with Crippen LogP contribution in [0.5, 0.6) is 11.5 Å². The number of aromatic nitrogens is 2. The van der Waals surface area contributed by atoms with Crippen LogP contribution in [0.3, 0.4) is 0 Å². The van der Waals surface area contributed by atoms with Crippen LogP contribution in [0.25, 0.3) is 11.4 Å². The first-order valence-corrected chi connectivity index (χ1v) is 10.3. The van der Waals surface area contributed by atoms with Crippen molar-refractivity contribution in [1.29, 1.82) is 0 Å². The maximum absolute atomic E-state index is 12.4. The number of rotatable bonds is 6. The molecule has 2 heterocycles. The van der Waals surface area contributed by atoms with Gasteiger partial charge in [0.05, 0.1) is 19.8 Å². The van der Waals surface area contributed by atoms with E-state index in [0.717, 1.165) is 12.8 Å². The van der Waals surface area contributed by atoms with Gasteiger partial charge in [0.15, 0.2) is 6.61 Å². The maximum Gasteiger partial charge on any atom is 0.348 e. The molecule has 152 valence electrons. The number of benzene rings is 1. The van der Waals surface area contributed by atoms with Crippen molar-refractivity contribution in [2.75, 3.05) is 14.2 Å². The first-order valence-electron chi connectivity index (χ1n) is 9.51. The topological polar surface area (TPSA) is 83.7 Å². The zero-order valence-corrected chi connectivity index (χ0v) is 17.2. The molecule has 0 N–H and O–H groups in total. The van der Waals surface area contributed by atoms with E-state index < -0.39 is 0 Å². The van der Waals surface area contributed by atoms with Crippen LogP contribution in [0.4, 0.5) is 0 Å². The summed E-state index contributed by atoms with van der Waals surface area (Å²) in [6, 6.07) is 7.28. The van der Waals surface area contributed by atoms with Crippen molar-refractivity contribution in [1.82, 2.24) is 10.1 Å². The van der Waals surface area contributed by atoms with E-state index >= 15 is 0 Å². The highest BCUT2D eigenvalue weighted by atomic mass is 32.1. The van der Waals surface area contributed by atoms with Crippen molar-refractivity contribution < 1.29 is 23.5 Å². The first kappa shape index (κ1) is 19.4. The molecule has 0 bridgehead atoms. The Kier molecular flexibility index (Phi) is 5.80. The van der Waals surface area contributed by atoms with Crippen LogP contribution >= 0.6 is 11.3 Å². The van der Waals surface area contributed by atoms with E-state index in [1.807, 2.05) is 6.07 Å². The molecule has 7 nitrogen and oxygen atoms in total. The number of fused-ring (bicyclic) bond motifs is 1. The summed E-state index contributed by atoms with van der Waals surface area (Å²) in [5, 5.41) is 3.97. The molecule has 1 aromatic carbocycles. The number of hydrogen-bond acceptors (Lipinski definition) is 8. The lowest BCUT2D eigenvalue weighted by atomic mass is 10.1. The smallest absolute Gasteiger partial charge is 0.348 e. The molecule has 3 aromatic rings. The highest BCUT2D eigenvalue weighted by molar-refractivity contribution is 7.14. The lowest BCUT2D eigenvalue weighted by Crippen LogP contribution is -2.03. The summed E-state index contributed by atoms with van der Waals surface area (Å²) in [6.07, 6.45) is 5.69. The molecule has 0 spiro atoms. The number of methoxy groups -OCH3 is 2. The third kappa shape index (κ3) is 4.27. The zero-order chi connectivity index (χ0) is 20.2. The summed E-state index contributed by atoms with van der Waals surface area (Å²) in [5.74, 6) is 1.46. The Labute approximate surface area is 172 Å². The van der Waals surface area contributed by atoms with Crippen LogP contribution in [0.2, 0.25) is 0 Å². The minimum Gasteiger partial charge on any atom is -0.497 e. The van der Waals surface area contributed by atoms with E-state index in [-0.39, 0.29) is 18.5 Å². The average molecular weight is 414 g/mol. The van der Waals surface area contributed by atoms with Gasteiger partial charge in [0.2, 0.25) is 5.82 Å². The van der Waals surface area contributed by atoms with E-state index in [1.54, 1.807) is 32.4 Å². The molecule has 0 atom stereocenters. The van der Waals surface area contributed by atoms with Crippen molar-refractivity contribution in [3.8, 4) is 22.9 Å². The van der Waals surface area contributed by atoms with Crippen molar-refractivity contribution in [3.05, 3.63) is 45.5 Å². The molecule has 0 amide bonds. The van der Waals surface area contributed by atoms with Gasteiger partial charge in [-0.2, -0.15) is 4.98 Å². The Bertz CT molecular complexity index is 987. The normalized spacial score (nSPS) is 13.4. The van der Waals surface area contributed by atoms with Gasteiger partial charge in [-0.1, -0.05) is 11.6 Å². The van der Waals surface area contributed by atoms with Gasteiger partial charge in [-0.05, 0) is 49.4 Å². The number of ether oxygens (including phenoxy) is 3. The van der Waals surface area contributed by atoms with Gasteiger partial charge in [-0.15, -0.1) is 11.3 Å². The van der Waals surface area contributed by atoms with Crippen LogP contribution in [0, 0.1) is 0 Å². The summed E-state index contributed by atoms with van der Waals surface area (Å²) in [6.45, 7) is -0.0765. The summed E-state index contributed by atoms with van der Waals surface area (Å²) in [4.78, 5) is 18.7. The molecule has 1 aliphatic carbocycles. The number of hydrogen-bond donors (Lipinski definition) is 0. The van der Waals surface area contributed by atoms with Gasteiger partial charge in [0, 0.05) is 10.9 Å².